The fourth-order valence-corrected chi connectivity index (χ4v) is 4.56. The monoisotopic (exact) mass is 483 g/mol. The maximum Gasteiger partial charge on any atom is 0.263 e. The van der Waals surface area contributed by atoms with E-state index in [-0.39, 0.29) is 5.56 Å². The van der Waals surface area contributed by atoms with Crippen LogP contribution in [-0.2, 0) is 0 Å². The predicted octanol–water partition coefficient (Wildman–Crippen LogP) is 7.12. The van der Waals surface area contributed by atoms with Crippen molar-refractivity contribution in [3.63, 3.8) is 0 Å². The summed E-state index contributed by atoms with van der Waals surface area (Å²) in [6.07, 6.45) is 18.1. The lowest BCUT2D eigenvalue weighted by atomic mass is 9.80. The minimum Gasteiger partial charge on any atom is -0.386 e. The van der Waals surface area contributed by atoms with Gasteiger partial charge in [-0.1, -0.05) is 67.0 Å². The molecule has 1 saturated carbocycles. The Labute approximate surface area is 212 Å². The topological polar surface area (TPSA) is 57.8 Å². The van der Waals surface area contributed by atoms with E-state index in [2.05, 4.69) is 24.4 Å². The Bertz CT molecular complexity index is 1360. The van der Waals surface area contributed by atoms with Gasteiger partial charge < -0.3 is 5.32 Å². The number of allylic oxidation sites excluding steroid dienone is 8. The predicted molar refractivity (Wildman–Crippen MR) is 146 cm³/mol. The molecule has 0 unspecified atom stereocenters. The average Bonchev–Trinajstić information content (AvgIpc) is 2.83. The molecule has 2 aromatic rings. The molecule has 1 aromatic carbocycles. The molecule has 1 aromatic heterocycles. The van der Waals surface area contributed by atoms with Gasteiger partial charge in [-0.15, -0.1) is 0 Å². The average molecular weight is 484 g/mol. The molecule has 178 valence electrons. The van der Waals surface area contributed by atoms with Crippen molar-refractivity contribution in [2.75, 3.05) is 6.54 Å². The Kier molecular flexibility index (Phi) is 7.90. The van der Waals surface area contributed by atoms with E-state index >= 15 is 0 Å². The Morgan fingerprint density at radius 3 is 2.74 bits per heavy atom. The van der Waals surface area contributed by atoms with Crippen LogP contribution in [0.4, 0.5) is 0 Å². The van der Waals surface area contributed by atoms with Gasteiger partial charge in [0, 0.05) is 40.7 Å². The summed E-state index contributed by atoms with van der Waals surface area (Å²) in [5.74, 6) is 0.618. The summed E-state index contributed by atoms with van der Waals surface area (Å²) < 4.78 is 1.64. The molecule has 1 aliphatic heterocycles. The van der Waals surface area contributed by atoms with Crippen LogP contribution in [0.15, 0.2) is 89.0 Å². The zero-order valence-corrected chi connectivity index (χ0v) is 21.0. The van der Waals surface area contributed by atoms with Crippen molar-refractivity contribution in [1.82, 2.24) is 9.88 Å². The summed E-state index contributed by atoms with van der Waals surface area (Å²) >= 11 is 6.27. The molecule has 0 radical (unpaired) electrons. The number of benzene rings is 1. The van der Waals surface area contributed by atoms with Crippen molar-refractivity contribution in [3.05, 3.63) is 105 Å². The minimum absolute atomic E-state index is 0.144. The molecule has 0 bridgehead atoms. The van der Waals surface area contributed by atoms with Gasteiger partial charge in [0.2, 0.25) is 0 Å². The third-order valence-corrected chi connectivity index (χ3v) is 6.83. The first-order valence-electron chi connectivity index (χ1n) is 12.1. The molecule has 4 nitrogen and oxygen atoms in total. The standard InChI is InChI=1S/C30H30ClN3O/c1-3-7-24(18-32)28(14-13-21(2)22-8-4-9-22)25-17-29(23-10-5-11-26(31)16-23)30(35)34(20-25)27-12-6-15-33-19-27/h5-7,10-14,16-17,19-20,22,33H,3-4,8-9,15H2,1-2H3/b21-13+,24-7+,28-14+. The first kappa shape index (κ1) is 24.6. The number of nitriles is 1. The van der Waals surface area contributed by atoms with E-state index < -0.39 is 0 Å². The van der Waals surface area contributed by atoms with E-state index in [0.29, 0.717) is 28.6 Å². The highest BCUT2D eigenvalue weighted by molar-refractivity contribution is 6.30. The van der Waals surface area contributed by atoms with E-state index in [4.69, 9.17) is 11.6 Å². The quantitative estimate of drug-likeness (QED) is 0.337. The fraction of sp³-hybridized carbons (Fsp3) is 0.267. The number of hydrogen-bond acceptors (Lipinski definition) is 3. The zero-order chi connectivity index (χ0) is 24.8. The number of rotatable bonds is 7. The Balaban J connectivity index is 1.95. The highest BCUT2D eigenvalue weighted by Gasteiger charge is 2.19. The summed E-state index contributed by atoms with van der Waals surface area (Å²) in [7, 11) is 0. The van der Waals surface area contributed by atoms with Gasteiger partial charge in [-0.2, -0.15) is 5.26 Å². The van der Waals surface area contributed by atoms with E-state index in [1.807, 2.05) is 61.8 Å². The van der Waals surface area contributed by atoms with Gasteiger partial charge >= 0.3 is 0 Å². The van der Waals surface area contributed by atoms with Crippen LogP contribution < -0.4 is 10.9 Å². The van der Waals surface area contributed by atoms with Crippen molar-refractivity contribution < 1.29 is 0 Å². The van der Waals surface area contributed by atoms with Crippen LogP contribution in [0, 0.1) is 17.2 Å². The molecular formula is C30H30ClN3O. The van der Waals surface area contributed by atoms with E-state index in [1.54, 1.807) is 16.7 Å². The van der Waals surface area contributed by atoms with Crippen LogP contribution in [0.25, 0.3) is 22.4 Å². The van der Waals surface area contributed by atoms with Crippen molar-refractivity contribution in [3.8, 4) is 17.2 Å². The number of dihydropyridines is 1. The van der Waals surface area contributed by atoms with Gasteiger partial charge in [0.1, 0.15) is 0 Å². The van der Waals surface area contributed by atoms with Gasteiger partial charge in [-0.3, -0.25) is 9.36 Å². The van der Waals surface area contributed by atoms with Crippen LogP contribution in [0.3, 0.4) is 0 Å². The van der Waals surface area contributed by atoms with Crippen LogP contribution in [0.1, 0.15) is 45.1 Å². The van der Waals surface area contributed by atoms with Crippen LogP contribution in [0.2, 0.25) is 5.02 Å². The molecule has 0 spiro atoms. The number of nitrogens with zero attached hydrogens (tertiary/aromatic N) is 2. The molecule has 1 fully saturated rings. The number of nitrogens with one attached hydrogen (secondary N) is 1. The van der Waals surface area contributed by atoms with E-state index in [1.165, 1.54) is 24.8 Å². The third-order valence-electron chi connectivity index (χ3n) is 6.60. The smallest absolute Gasteiger partial charge is 0.263 e. The lowest BCUT2D eigenvalue weighted by Crippen LogP contribution is -2.23. The largest absolute Gasteiger partial charge is 0.386 e. The SMILES string of the molecule is CC/C=C(C#N)/C(=C\C=C(/C)C1CCC1)c1cc(-c2cccc(Cl)c2)c(=O)n(C2=CNCC=C2)c1. The molecule has 2 heterocycles. The van der Waals surface area contributed by atoms with Gasteiger partial charge in [0.05, 0.1) is 17.3 Å². The summed E-state index contributed by atoms with van der Waals surface area (Å²) in [6, 6.07) is 11.6. The van der Waals surface area contributed by atoms with Gasteiger partial charge in [0.15, 0.2) is 0 Å². The number of hydrogen-bond donors (Lipinski definition) is 1. The molecule has 0 amide bonds. The zero-order valence-electron chi connectivity index (χ0n) is 20.2. The van der Waals surface area contributed by atoms with Gasteiger partial charge in [-0.05, 0) is 61.9 Å². The first-order valence-corrected chi connectivity index (χ1v) is 12.5. The second kappa shape index (κ2) is 11.3. The van der Waals surface area contributed by atoms with Crippen LogP contribution in [-0.4, -0.2) is 11.1 Å². The lowest BCUT2D eigenvalue weighted by Gasteiger charge is -2.26. The third kappa shape index (κ3) is 5.58. The molecular weight excluding hydrogens is 454 g/mol. The summed E-state index contributed by atoms with van der Waals surface area (Å²) in [5.41, 5.74) is 5.40. The van der Waals surface area contributed by atoms with Crippen molar-refractivity contribution in [2.24, 2.45) is 5.92 Å². The number of pyridine rings is 1. The molecule has 4 rings (SSSR count). The van der Waals surface area contributed by atoms with Gasteiger partial charge in [-0.25, -0.2) is 0 Å². The summed E-state index contributed by atoms with van der Waals surface area (Å²) in [6.45, 7) is 4.90. The number of aromatic nitrogens is 1. The molecule has 2 aliphatic rings. The highest BCUT2D eigenvalue weighted by Crippen LogP contribution is 2.34. The van der Waals surface area contributed by atoms with Crippen LogP contribution in [0.5, 0.6) is 0 Å². The normalized spacial score (nSPS) is 16.9. The Morgan fingerprint density at radius 2 is 2.11 bits per heavy atom. The second-order valence-electron chi connectivity index (χ2n) is 8.96. The van der Waals surface area contributed by atoms with Crippen molar-refractivity contribution in [2.45, 2.75) is 39.5 Å². The van der Waals surface area contributed by atoms with E-state index in [0.717, 1.165) is 28.8 Å². The van der Waals surface area contributed by atoms with Crippen molar-refractivity contribution in [1.29, 1.82) is 5.26 Å². The highest BCUT2D eigenvalue weighted by atomic mass is 35.5. The maximum atomic E-state index is 13.6. The van der Waals surface area contributed by atoms with Gasteiger partial charge in [0.25, 0.3) is 5.56 Å². The van der Waals surface area contributed by atoms with E-state index in [9.17, 15) is 10.1 Å². The lowest BCUT2D eigenvalue weighted by molar-refractivity contribution is 0.368. The summed E-state index contributed by atoms with van der Waals surface area (Å²) in [4.78, 5) is 13.6. The molecule has 0 atom stereocenters. The van der Waals surface area contributed by atoms with Crippen LogP contribution >= 0.6 is 11.6 Å². The summed E-state index contributed by atoms with van der Waals surface area (Å²) in [5, 5.41) is 13.8. The molecule has 1 N–H and O–H groups in total. The minimum atomic E-state index is -0.144. The molecule has 35 heavy (non-hydrogen) atoms. The maximum absolute atomic E-state index is 13.6. The van der Waals surface area contributed by atoms with Crippen molar-refractivity contribution >= 4 is 22.9 Å². The molecule has 1 aliphatic carbocycles. The first-order chi connectivity index (χ1) is 17.0. The Morgan fingerprint density at radius 1 is 1.29 bits per heavy atom. The fourth-order valence-electron chi connectivity index (χ4n) is 4.37. The Hall–Kier alpha value is -3.55. The molecule has 5 heteroatoms. The molecule has 0 saturated heterocycles. The number of halogens is 1. The second-order valence-corrected chi connectivity index (χ2v) is 9.40.